The Bertz CT molecular complexity index is 376. The molecule has 1 aliphatic heterocycles. The van der Waals surface area contributed by atoms with Gasteiger partial charge in [0.25, 0.3) is 0 Å². The van der Waals surface area contributed by atoms with E-state index in [1.165, 1.54) is 45.6 Å². The zero-order valence-electron chi connectivity index (χ0n) is 11.0. The molecule has 1 aromatic rings. The number of anilines is 1. The lowest BCUT2D eigenvalue weighted by Crippen LogP contribution is -2.47. The van der Waals surface area contributed by atoms with Gasteiger partial charge in [-0.05, 0) is 24.8 Å². The molecule has 0 spiro atoms. The molecule has 0 bridgehead atoms. The Hall–Kier alpha value is -1.07. The van der Waals surface area contributed by atoms with Gasteiger partial charge in [0.1, 0.15) is 5.82 Å². The second-order valence-electron chi connectivity index (χ2n) is 5.59. The summed E-state index contributed by atoms with van der Waals surface area (Å²) in [6.45, 7) is 8.23. The molecule has 1 aromatic heterocycles. The van der Waals surface area contributed by atoms with Crippen LogP contribution in [0.15, 0.2) is 12.3 Å². The first-order chi connectivity index (χ1) is 8.79. The molecule has 1 saturated carbocycles. The third-order valence-corrected chi connectivity index (χ3v) is 3.98. The zero-order chi connectivity index (χ0) is 12.4. The first-order valence-corrected chi connectivity index (χ1v) is 7.03. The van der Waals surface area contributed by atoms with Crippen LogP contribution in [0, 0.1) is 5.92 Å². The molecule has 0 aromatic carbocycles. The molecule has 5 nitrogen and oxygen atoms in total. The topological polar surface area (TPSA) is 50.3 Å². The van der Waals surface area contributed by atoms with Crippen molar-refractivity contribution in [3.05, 3.63) is 12.3 Å². The van der Waals surface area contributed by atoms with Gasteiger partial charge >= 0.3 is 0 Å². The first kappa shape index (κ1) is 12.0. The van der Waals surface area contributed by atoms with Crippen molar-refractivity contribution >= 4 is 5.82 Å². The first-order valence-electron chi connectivity index (χ1n) is 7.03. The van der Waals surface area contributed by atoms with Crippen LogP contribution in [0.2, 0.25) is 0 Å². The summed E-state index contributed by atoms with van der Waals surface area (Å²) in [6.07, 6.45) is 4.88. The molecule has 2 fully saturated rings. The number of nitrogens with zero attached hydrogens (tertiary/aromatic N) is 4. The van der Waals surface area contributed by atoms with E-state index in [9.17, 15) is 0 Å². The molecule has 0 amide bonds. The highest BCUT2D eigenvalue weighted by atomic mass is 15.3. The van der Waals surface area contributed by atoms with Gasteiger partial charge in [0.05, 0.1) is 6.54 Å². The van der Waals surface area contributed by atoms with Gasteiger partial charge in [-0.25, -0.2) is 0 Å². The van der Waals surface area contributed by atoms with Gasteiger partial charge in [-0.3, -0.25) is 9.58 Å². The van der Waals surface area contributed by atoms with Crippen molar-refractivity contribution in [3.63, 3.8) is 0 Å². The van der Waals surface area contributed by atoms with Gasteiger partial charge in [0, 0.05) is 45.5 Å². The predicted molar refractivity (Wildman–Crippen MR) is 72.2 cm³/mol. The van der Waals surface area contributed by atoms with Crippen molar-refractivity contribution in [3.8, 4) is 0 Å². The third kappa shape index (κ3) is 3.23. The number of piperazine rings is 1. The lowest BCUT2D eigenvalue weighted by atomic mass is 10.3. The summed E-state index contributed by atoms with van der Waals surface area (Å²) >= 11 is 0. The lowest BCUT2D eigenvalue weighted by Gasteiger charge is -2.34. The van der Waals surface area contributed by atoms with E-state index in [0.29, 0.717) is 5.82 Å². The maximum atomic E-state index is 5.61. The summed E-state index contributed by atoms with van der Waals surface area (Å²) in [7, 11) is 0. The highest BCUT2D eigenvalue weighted by Crippen LogP contribution is 2.29. The van der Waals surface area contributed by atoms with E-state index in [2.05, 4.69) is 14.9 Å². The molecule has 2 aliphatic rings. The smallest absolute Gasteiger partial charge is 0.145 e. The molecule has 0 radical (unpaired) electrons. The van der Waals surface area contributed by atoms with Crippen LogP contribution >= 0.6 is 0 Å². The van der Waals surface area contributed by atoms with Crippen LogP contribution < -0.4 is 5.73 Å². The van der Waals surface area contributed by atoms with Crippen molar-refractivity contribution in [1.82, 2.24) is 19.6 Å². The van der Waals surface area contributed by atoms with Gasteiger partial charge in [0.2, 0.25) is 0 Å². The maximum Gasteiger partial charge on any atom is 0.145 e. The van der Waals surface area contributed by atoms with Crippen molar-refractivity contribution in [2.24, 2.45) is 5.92 Å². The lowest BCUT2D eigenvalue weighted by molar-refractivity contribution is 0.124. The van der Waals surface area contributed by atoms with Gasteiger partial charge in [-0.2, -0.15) is 5.10 Å². The van der Waals surface area contributed by atoms with Crippen molar-refractivity contribution in [2.45, 2.75) is 19.4 Å². The molecule has 18 heavy (non-hydrogen) atoms. The Morgan fingerprint density at radius 1 is 1.11 bits per heavy atom. The Balaban J connectivity index is 1.37. The highest BCUT2D eigenvalue weighted by molar-refractivity contribution is 5.23. The normalized spacial score (nSPS) is 22.4. The van der Waals surface area contributed by atoms with E-state index in [4.69, 9.17) is 5.73 Å². The molecule has 0 atom stereocenters. The van der Waals surface area contributed by atoms with E-state index in [0.717, 1.165) is 19.0 Å². The van der Waals surface area contributed by atoms with Gasteiger partial charge in [-0.15, -0.1) is 0 Å². The Morgan fingerprint density at radius 3 is 2.44 bits per heavy atom. The molecule has 1 saturated heterocycles. The Morgan fingerprint density at radius 2 is 1.83 bits per heavy atom. The zero-order valence-corrected chi connectivity index (χ0v) is 11.0. The monoisotopic (exact) mass is 249 g/mol. The van der Waals surface area contributed by atoms with Crippen molar-refractivity contribution in [2.75, 3.05) is 45.0 Å². The fraction of sp³-hybridized carbons (Fsp3) is 0.769. The van der Waals surface area contributed by atoms with Crippen LogP contribution in [0.5, 0.6) is 0 Å². The SMILES string of the molecule is Nc1ccn(CCN2CCN(CC3CC3)CC2)n1. The average Bonchev–Trinajstić information content (AvgIpc) is 3.09. The molecular formula is C13H23N5. The van der Waals surface area contributed by atoms with Crippen molar-refractivity contribution in [1.29, 1.82) is 0 Å². The molecule has 5 heteroatoms. The van der Waals surface area contributed by atoms with E-state index < -0.39 is 0 Å². The minimum atomic E-state index is 0.615. The van der Waals surface area contributed by atoms with Crippen LogP contribution in [0.4, 0.5) is 5.82 Å². The summed E-state index contributed by atoms with van der Waals surface area (Å²) in [5.41, 5.74) is 5.61. The quantitative estimate of drug-likeness (QED) is 0.825. The largest absolute Gasteiger partial charge is 0.382 e. The molecule has 2 N–H and O–H groups in total. The molecule has 3 rings (SSSR count). The maximum absolute atomic E-state index is 5.61. The molecular weight excluding hydrogens is 226 g/mol. The van der Waals surface area contributed by atoms with Gasteiger partial charge < -0.3 is 10.6 Å². The van der Waals surface area contributed by atoms with Gasteiger partial charge in [-0.1, -0.05) is 0 Å². The van der Waals surface area contributed by atoms with Crippen LogP contribution in [0.1, 0.15) is 12.8 Å². The van der Waals surface area contributed by atoms with E-state index in [-0.39, 0.29) is 0 Å². The van der Waals surface area contributed by atoms with E-state index in [1.54, 1.807) is 0 Å². The predicted octanol–water partition coefficient (Wildman–Crippen LogP) is 0.493. The van der Waals surface area contributed by atoms with Crippen LogP contribution in [-0.4, -0.2) is 58.8 Å². The van der Waals surface area contributed by atoms with E-state index >= 15 is 0 Å². The average molecular weight is 249 g/mol. The number of nitrogen functional groups attached to an aromatic ring is 1. The summed E-state index contributed by atoms with van der Waals surface area (Å²) in [5, 5.41) is 4.22. The Kier molecular flexibility index (Phi) is 3.52. The fourth-order valence-electron chi connectivity index (χ4n) is 2.61. The van der Waals surface area contributed by atoms with Crippen LogP contribution in [0.25, 0.3) is 0 Å². The third-order valence-electron chi connectivity index (χ3n) is 3.98. The molecule has 0 unspecified atom stereocenters. The van der Waals surface area contributed by atoms with Crippen molar-refractivity contribution < 1.29 is 0 Å². The summed E-state index contributed by atoms with van der Waals surface area (Å²) < 4.78 is 1.94. The highest BCUT2D eigenvalue weighted by Gasteiger charge is 2.26. The number of hydrogen-bond donors (Lipinski definition) is 1. The van der Waals surface area contributed by atoms with Crippen LogP contribution in [-0.2, 0) is 6.54 Å². The molecule has 2 heterocycles. The second kappa shape index (κ2) is 5.28. The van der Waals surface area contributed by atoms with E-state index in [1.807, 2.05) is 16.9 Å². The summed E-state index contributed by atoms with van der Waals surface area (Å²) in [5.74, 6) is 1.63. The number of hydrogen-bond acceptors (Lipinski definition) is 4. The van der Waals surface area contributed by atoms with Gasteiger partial charge in [0.15, 0.2) is 0 Å². The number of rotatable bonds is 5. The Labute approximate surface area is 109 Å². The standard InChI is InChI=1S/C13H23N5/c14-13-3-4-18(15-13)10-9-16-5-7-17(8-6-16)11-12-1-2-12/h3-4,12H,1-2,5-11H2,(H2,14,15). The summed E-state index contributed by atoms with van der Waals surface area (Å²) in [4.78, 5) is 5.15. The molecule has 1 aliphatic carbocycles. The number of nitrogens with two attached hydrogens (primary N) is 1. The second-order valence-corrected chi connectivity index (χ2v) is 5.59. The fourth-order valence-corrected chi connectivity index (χ4v) is 2.61. The van der Waals surface area contributed by atoms with Crippen LogP contribution in [0.3, 0.4) is 0 Å². The molecule has 100 valence electrons. The minimum Gasteiger partial charge on any atom is -0.382 e. The minimum absolute atomic E-state index is 0.615. The number of aromatic nitrogens is 2. The summed E-state index contributed by atoms with van der Waals surface area (Å²) in [6, 6.07) is 1.85.